The van der Waals surface area contributed by atoms with Crippen LogP contribution in [0.4, 0.5) is 0 Å². The number of nitrogens with one attached hydrogen (secondary N) is 1. The standard InChI is InChI=1S/C15H21N5O/c1-11-12(5-4-6-17-11)13-18-14(19-21-13)15(2,3)20-9-7-16-8-10-20/h4-6,16H,7-10H2,1-3H3. The van der Waals surface area contributed by atoms with E-state index in [2.05, 4.69) is 39.2 Å². The first-order valence-electron chi connectivity index (χ1n) is 7.31. The Morgan fingerprint density at radius 2 is 2.05 bits per heavy atom. The Hall–Kier alpha value is -1.79. The first-order valence-corrected chi connectivity index (χ1v) is 7.31. The van der Waals surface area contributed by atoms with Crippen LogP contribution in [-0.2, 0) is 5.54 Å². The largest absolute Gasteiger partial charge is 0.334 e. The molecule has 1 fully saturated rings. The maximum atomic E-state index is 5.47. The third-order valence-corrected chi connectivity index (χ3v) is 4.12. The van der Waals surface area contributed by atoms with Crippen molar-refractivity contribution in [1.82, 2.24) is 25.3 Å². The summed E-state index contributed by atoms with van der Waals surface area (Å²) < 4.78 is 5.47. The molecule has 3 heterocycles. The Labute approximate surface area is 124 Å². The highest BCUT2D eigenvalue weighted by Crippen LogP contribution is 2.28. The molecule has 0 aromatic carbocycles. The van der Waals surface area contributed by atoms with Gasteiger partial charge in [0.15, 0.2) is 5.82 Å². The summed E-state index contributed by atoms with van der Waals surface area (Å²) in [5, 5.41) is 7.57. The fourth-order valence-corrected chi connectivity index (χ4v) is 2.66. The second-order valence-electron chi connectivity index (χ2n) is 5.86. The van der Waals surface area contributed by atoms with E-state index in [0.717, 1.165) is 43.3 Å². The molecule has 1 saturated heterocycles. The normalized spacial score (nSPS) is 17.1. The first kappa shape index (κ1) is 14.2. The van der Waals surface area contributed by atoms with Crippen molar-refractivity contribution in [3.8, 4) is 11.5 Å². The average molecular weight is 287 g/mol. The van der Waals surface area contributed by atoms with Crippen LogP contribution in [0.2, 0.25) is 0 Å². The number of nitrogens with zero attached hydrogens (tertiary/aromatic N) is 4. The number of hydrogen-bond acceptors (Lipinski definition) is 6. The zero-order valence-electron chi connectivity index (χ0n) is 12.8. The van der Waals surface area contributed by atoms with E-state index in [1.165, 1.54) is 0 Å². The van der Waals surface area contributed by atoms with Crippen LogP contribution in [0.15, 0.2) is 22.9 Å². The van der Waals surface area contributed by atoms with Crippen LogP contribution in [0, 0.1) is 6.92 Å². The lowest BCUT2D eigenvalue weighted by Gasteiger charge is -2.38. The van der Waals surface area contributed by atoms with Crippen molar-refractivity contribution in [3.05, 3.63) is 29.8 Å². The van der Waals surface area contributed by atoms with Crippen molar-refractivity contribution >= 4 is 0 Å². The van der Waals surface area contributed by atoms with E-state index >= 15 is 0 Å². The molecule has 6 heteroatoms. The third kappa shape index (κ3) is 2.69. The Kier molecular flexibility index (Phi) is 3.73. The van der Waals surface area contributed by atoms with Gasteiger partial charge < -0.3 is 9.84 Å². The van der Waals surface area contributed by atoms with Gasteiger partial charge in [-0.05, 0) is 32.9 Å². The number of pyridine rings is 1. The third-order valence-electron chi connectivity index (χ3n) is 4.12. The minimum atomic E-state index is -0.236. The Morgan fingerprint density at radius 3 is 2.76 bits per heavy atom. The van der Waals surface area contributed by atoms with Gasteiger partial charge in [0.05, 0.1) is 11.1 Å². The van der Waals surface area contributed by atoms with Crippen LogP contribution < -0.4 is 5.32 Å². The smallest absolute Gasteiger partial charge is 0.259 e. The monoisotopic (exact) mass is 287 g/mol. The van der Waals surface area contributed by atoms with Crippen LogP contribution in [-0.4, -0.2) is 46.2 Å². The predicted molar refractivity (Wildman–Crippen MR) is 79.7 cm³/mol. The van der Waals surface area contributed by atoms with E-state index in [-0.39, 0.29) is 5.54 Å². The molecular formula is C15H21N5O. The molecule has 21 heavy (non-hydrogen) atoms. The van der Waals surface area contributed by atoms with Crippen LogP contribution in [0.25, 0.3) is 11.5 Å². The lowest BCUT2D eigenvalue weighted by atomic mass is 10.0. The fourth-order valence-electron chi connectivity index (χ4n) is 2.66. The zero-order chi connectivity index (χ0) is 14.9. The molecule has 0 aliphatic carbocycles. The van der Waals surface area contributed by atoms with Crippen molar-refractivity contribution < 1.29 is 4.52 Å². The van der Waals surface area contributed by atoms with Crippen molar-refractivity contribution in [2.75, 3.05) is 26.2 Å². The highest BCUT2D eigenvalue weighted by molar-refractivity contribution is 5.55. The molecular weight excluding hydrogens is 266 g/mol. The molecule has 0 radical (unpaired) electrons. The van der Waals surface area contributed by atoms with Gasteiger partial charge in [-0.1, -0.05) is 5.16 Å². The zero-order valence-corrected chi connectivity index (χ0v) is 12.8. The summed E-state index contributed by atoms with van der Waals surface area (Å²) in [5.41, 5.74) is 1.56. The molecule has 3 rings (SSSR count). The van der Waals surface area contributed by atoms with Gasteiger partial charge in [0.2, 0.25) is 0 Å². The van der Waals surface area contributed by atoms with Crippen LogP contribution in [0.3, 0.4) is 0 Å². The molecule has 2 aromatic heterocycles. The molecule has 0 bridgehead atoms. The quantitative estimate of drug-likeness (QED) is 0.924. The summed E-state index contributed by atoms with van der Waals surface area (Å²) in [6, 6.07) is 3.84. The molecule has 0 atom stereocenters. The van der Waals surface area contributed by atoms with E-state index in [9.17, 15) is 0 Å². The molecule has 0 saturated carbocycles. The molecule has 0 unspecified atom stereocenters. The molecule has 1 aliphatic rings. The molecule has 0 spiro atoms. The second kappa shape index (κ2) is 5.54. The van der Waals surface area contributed by atoms with Gasteiger partial charge in [0.25, 0.3) is 5.89 Å². The molecule has 1 aliphatic heterocycles. The van der Waals surface area contributed by atoms with Crippen molar-refractivity contribution in [2.45, 2.75) is 26.3 Å². The summed E-state index contributed by atoms with van der Waals surface area (Å²) in [6.07, 6.45) is 1.76. The van der Waals surface area contributed by atoms with Crippen LogP contribution >= 0.6 is 0 Å². The molecule has 1 N–H and O–H groups in total. The second-order valence-corrected chi connectivity index (χ2v) is 5.86. The minimum absolute atomic E-state index is 0.236. The van der Waals surface area contributed by atoms with Gasteiger partial charge in [-0.15, -0.1) is 0 Å². The topological polar surface area (TPSA) is 67.1 Å². The Morgan fingerprint density at radius 1 is 1.29 bits per heavy atom. The highest BCUT2D eigenvalue weighted by Gasteiger charge is 2.34. The minimum Gasteiger partial charge on any atom is -0.334 e. The lowest BCUT2D eigenvalue weighted by Crippen LogP contribution is -2.52. The van der Waals surface area contributed by atoms with E-state index in [4.69, 9.17) is 4.52 Å². The summed E-state index contributed by atoms with van der Waals surface area (Å²) in [4.78, 5) is 11.3. The van der Waals surface area contributed by atoms with Gasteiger partial charge in [0.1, 0.15) is 0 Å². The SMILES string of the molecule is Cc1ncccc1-c1nc(C(C)(C)N2CCNCC2)no1. The van der Waals surface area contributed by atoms with Crippen molar-refractivity contribution in [3.63, 3.8) is 0 Å². The van der Waals surface area contributed by atoms with Crippen LogP contribution in [0.1, 0.15) is 25.4 Å². The maximum absolute atomic E-state index is 5.47. The van der Waals surface area contributed by atoms with Gasteiger partial charge >= 0.3 is 0 Å². The summed E-state index contributed by atoms with van der Waals surface area (Å²) in [5.74, 6) is 1.27. The van der Waals surface area contributed by atoms with E-state index in [0.29, 0.717) is 5.89 Å². The summed E-state index contributed by atoms with van der Waals surface area (Å²) in [7, 11) is 0. The summed E-state index contributed by atoms with van der Waals surface area (Å²) in [6.45, 7) is 10.2. The summed E-state index contributed by atoms with van der Waals surface area (Å²) >= 11 is 0. The molecule has 2 aromatic rings. The predicted octanol–water partition coefficient (Wildman–Crippen LogP) is 1.58. The molecule has 6 nitrogen and oxygen atoms in total. The highest BCUT2D eigenvalue weighted by atomic mass is 16.5. The fraction of sp³-hybridized carbons (Fsp3) is 0.533. The van der Waals surface area contributed by atoms with Crippen LogP contribution in [0.5, 0.6) is 0 Å². The van der Waals surface area contributed by atoms with Gasteiger partial charge in [-0.3, -0.25) is 9.88 Å². The van der Waals surface area contributed by atoms with Gasteiger partial charge in [0, 0.05) is 38.1 Å². The van der Waals surface area contributed by atoms with Crippen molar-refractivity contribution in [2.24, 2.45) is 0 Å². The molecule has 112 valence electrons. The number of rotatable bonds is 3. The van der Waals surface area contributed by atoms with E-state index in [1.54, 1.807) is 6.20 Å². The number of piperazine rings is 1. The van der Waals surface area contributed by atoms with Crippen molar-refractivity contribution in [1.29, 1.82) is 0 Å². The Balaban J connectivity index is 1.89. The van der Waals surface area contributed by atoms with Gasteiger partial charge in [-0.25, -0.2) is 0 Å². The van der Waals surface area contributed by atoms with Gasteiger partial charge in [-0.2, -0.15) is 4.98 Å². The lowest BCUT2D eigenvalue weighted by molar-refractivity contribution is 0.0925. The molecule has 0 amide bonds. The van der Waals surface area contributed by atoms with E-state index in [1.807, 2.05) is 19.1 Å². The Bertz CT molecular complexity index is 616. The van der Waals surface area contributed by atoms with E-state index < -0.39 is 0 Å². The maximum Gasteiger partial charge on any atom is 0.259 e. The number of hydrogen-bond donors (Lipinski definition) is 1. The average Bonchev–Trinajstić information content (AvgIpc) is 2.99. The first-order chi connectivity index (χ1) is 10.1. The number of aryl methyl sites for hydroxylation is 1. The number of aromatic nitrogens is 3.